The molecule has 0 fully saturated rings. The van der Waals surface area contributed by atoms with Gasteiger partial charge in [0.05, 0.1) is 19.9 Å². The third-order valence-electron chi connectivity index (χ3n) is 4.44. The van der Waals surface area contributed by atoms with Crippen LogP contribution in [0, 0.1) is 13.8 Å². The average Bonchev–Trinajstić information content (AvgIpc) is 2.88. The Morgan fingerprint density at radius 1 is 0.850 bits per heavy atom. The Bertz CT molecular complexity index is 1410. The summed E-state index contributed by atoms with van der Waals surface area (Å²) in [4.78, 5) is 40.5. The number of rotatable bonds is 5. The highest BCUT2D eigenvalue weighted by atomic mass is 35.5. The van der Waals surface area contributed by atoms with Crippen molar-refractivity contribution in [2.75, 3.05) is 30.6 Å². The van der Waals surface area contributed by atoms with Crippen LogP contribution in [0.2, 0.25) is 10.3 Å². The second-order valence-corrected chi connectivity index (χ2v) is 8.34. The van der Waals surface area contributed by atoms with Crippen molar-refractivity contribution >= 4 is 58.6 Å². The largest absolute Gasteiger partial charge is 0.497 e. The van der Waals surface area contributed by atoms with Crippen molar-refractivity contribution in [3.63, 3.8) is 0 Å². The summed E-state index contributed by atoms with van der Waals surface area (Å²) in [6, 6.07) is 16.7. The van der Waals surface area contributed by atoms with E-state index in [1.54, 1.807) is 81.8 Å². The third-order valence-corrected chi connectivity index (χ3v) is 4.83. The first-order valence-electron chi connectivity index (χ1n) is 11.3. The lowest BCUT2D eigenvalue weighted by molar-refractivity contribution is 0.262. The van der Waals surface area contributed by atoms with Gasteiger partial charge in [-0.2, -0.15) is 4.99 Å². The molecular formula is C26H26Cl2N8O4. The molecule has 0 radical (unpaired) electrons. The third kappa shape index (κ3) is 11.7. The molecule has 0 bridgehead atoms. The molecule has 0 spiro atoms. The predicted octanol–water partition coefficient (Wildman–Crippen LogP) is 5.77. The molecule has 2 heterocycles. The lowest BCUT2D eigenvalue weighted by Gasteiger charge is -2.08. The maximum absolute atomic E-state index is 11.8. The molecule has 4 N–H and O–H groups in total. The highest BCUT2D eigenvalue weighted by molar-refractivity contribution is 6.29. The highest BCUT2D eigenvalue weighted by Crippen LogP contribution is 2.19. The number of methoxy groups -OCH3 is 2. The average molecular weight is 585 g/mol. The Morgan fingerprint density at radius 2 is 1.45 bits per heavy atom. The van der Waals surface area contributed by atoms with Crippen LogP contribution in [-0.4, -0.2) is 46.3 Å². The second kappa shape index (κ2) is 16.2. The quantitative estimate of drug-likeness (QED) is 0.150. The number of urea groups is 1. The fraction of sp³-hybridized carbons (Fsp3) is 0.154. The molecule has 14 heteroatoms. The lowest BCUT2D eigenvalue weighted by atomic mass is 10.3. The fourth-order valence-electron chi connectivity index (χ4n) is 2.84. The van der Waals surface area contributed by atoms with E-state index in [1.165, 1.54) is 6.08 Å². The van der Waals surface area contributed by atoms with Gasteiger partial charge in [0.25, 0.3) is 0 Å². The Morgan fingerprint density at radius 3 is 2.02 bits per heavy atom. The molecule has 0 saturated heterocycles. The number of isocyanates is 1. The van der Waals surface area contributed by atoms with E-state index < -0.39 is 6.03 Å². The van der Waals surface area contributed by atoms with Gasteiger partial charge in [-0.1, -0.05) is 35.3 Å². The minimum absolute atomic E-state index is 0.149. The van der Waals surface area contributed by atoms with Gasteiger partial charge in [0.15, 0.2) is 0 Å². The fourth-order valence-corrected chi connectivity index (χ4v) is 3.32. The minimum atomic E-state index is -0.458. The zero-order valence-corrected chi connectivity index (χ0v) is 23.5. The molecule has 2 amide bonds. The first-order chi connectivity index (χ1) is 19.1. The summed E-state index contributed by atoms with van der Waals surface area (Å²) in [6.07, 6.45) is 1.45. The Labute approximate surface area is 240 Å². The number of ether oxygens (including phenoxy) is 2. The predicted molar refractivity (Wildman–Crippen MR) is 154 cm³/mol. The molecule has 12 nitrogen and oxygen atoms in total. The first-order valence-corrected chi connectivity index (χ1v) is 12.1. The van der Waals surface area contributed by atoms with E-state index in [-0.39, 0.29) is 17.0 Å². The van der Waals surface area contributed by atoms with Crippen molar-refractivity contribution in [1.82, 2.24) is 19.9 Å². The molecule has 0 unspecified atom stereocenters. The van der Waals surface area contributed by atoms with Crippen LogP contribution in [0.15, 0.2) is 65.7 Å². The van der Waals surface area contributed by atoms with E-state index in [4.69, 9.17) is 38.4 Å². The maximum Gasteiger partial charge on any atom is 0.326 e. The molecule has 2 aromatic heterocycles. The maximum atomic E-state index is 11.8. The van der Waals surface area contributed by atoms with Crippen molar-refractivity contribution in [3.05, 3.63) is 82.4 Å². The van der Waals surface area contributed by atoms with E-state index in [0.29, 0.717) is 33.7 Å². The topological polar surface area (TPSA) is 167 Å². The number of aryl methyl sites for hydroxylation is 2. The van der Waals surface area contributed by atoms with Crippen molar-refractivity contribution in [3.8, 4) is 11.5 Å². The Hall–Kier alpha value is -4.77. The molecule has 0 atom stereocenters. The number of carbonyl (C=O) groups is 1. The summed E-state index contributed by atoms with van der Waals surface area (Å²) in [5.41, 5.74) is 7.86. The van der Waals surface area contributed by atoms with E-state index in [0.717, 1.165) is 5.69 Å². The van der Waals surface area contributed by atoms with E-state index >= 15 is 0 Å². The van der Waals surface area contributed by atoms with Gasteiger partial charge in [0, 0.05) is 29.2 Å². The number of anilines is 3. The zero-order chi connectivity index (χ0) is 29.5. The number of aromatic nitrogens is 4. The molecular weight excluding hydrogens is 559 g/mol. The van der Waals surface area contributed by atoms with Gasteiger partial charge in [0.2, 0.25) is 18.0 Å². The molecule has 208 valence electrons. The number of hydrogen-bond acceptors (Lipinski definition) is 10. The van der Waals surface area contributed by atoms with Crippen LogP contribution >= 0.6 is 23.2 Å². The van der Waals surface area contributed by atoms with Crippen LogP contribution in [0.1, 0.15) is 11.4 Å². The van der Waals surface area contributed by atoms with Gasteiger partial charge in [-0.25, -0.2) is 29.5 Å². The number of hydrogen-bond donors (Lipinski definition) is 3. The summed E-state index contributed by atoms with van der Waals surface area (Å²) in [6.45, 7) is 3.57. The standard InChI is InChI=1S/C13H13ClN4O2.C8H7NO2.C5H6ClN3/c1-8-6-11(14)17-12(15-8)18-13(19)16-9-4-3-5-10(7-9)20-2;1-11-8-4-2-3-7(5-8)9-6-10;1-3-2-4(6)9-5(7)8-3/h3-7H,1-2H3,(H2,15,16,17,18,19);2-5H,1H3;2H,1H3,(H2,7,8,9). The van der Waals surface area contributed by atoms with Gasteiger partial charge in [-0.15, -0.1) is 0 Å². The van der Waals surface area contributed by atoms with Crippen molar-refractivity contribution in [1.29, 1.82) is 0 Å². The second-order valence-electron chi connectivity index (χ2n) is 7.56. The monoisotopic (exact) mass is 584 g/mol. The number of halogens is 2. The van der Waals surface area contributed by atoms with Crippen molar-refractivity contribution in [2.24, 2.45) is 4.99 Å². The van der Waals surface area contributed by atoms with Gasteiger partial charge in [-0.3, -0.25) is 5.32 Å². The number of nitrogens with two attached hydrogens (primary N) is 1. The van der Waals surface area contributed by atoms with Crippen LogP contribution in [0.25, 0.3) is 0 Å². The summed E-state index contributed by atoms with van der Waals surface area (Å²) in [7, 11) is 3.12. The number of nitrogens with one attached hydrogen (secondary N) is 2. The van der Waals surface area contributed by atoms with Crippen LogP contribution in [0.5, 0.6) is 11.5 Å². The van der Waals surface area contributed by atoms with E-state index in [2.05, 4.69) is 35.6 Å². The van der Waals surface area contributed by atoms with Crippen LogP contribution < -0.4 is 25.8 Å². The Kier molecular flexibility index (Phi) is 12.8. The van der Waals surface area contributed by atoms with Crippen LogP contribution in [-0.2, 0) is 4.79 Å². The summed E-state index contributed by atoms with van der Waals surface area (Å²) < 4.78 is 9.98. The number of carbonyl (C=O) groups excluding carboxylic acids is 2. The van der Waals surface area contributed by atoms with Crippen molar-refractivity contribution < 1.29 is 19.1 Å². The lowest BCUT2D eigenvalue weighted by Crippen LogP contribution is -2.21. The van der Waals surface area contributed by atoms with E-state index in [9.17, 15) is 9.59 Å². The minimum Gasteiger partial charge on any atom is -0.497 e. The molecule has 4 rings (SSSR count). The highest BCUT2D eigenvalue weighted by Gasteiger charge is 2.07. The SMILES string of the molecule is COc1cccc(N=C=O)c1.COc1cccc(NC(=O)Nc2nc(C)cc(Cl)n2)c1.Cc1cc(Cl)nc(N)n1. The molecule has 4 aromatic rings. The van der Waals surface area contributed by atoms with Gasteiger partial charge in [-0.05, 0) is 50.2 Å². The van der Waals surface area contributed by atoms with Gasteiger partial charge >= 0.3 is 6.03 Å². The number of aliphatic imine (C=N–C) groups is 1. The molecule has 2 aromatic carbocycles. The number of amides is 2. The normalized spacial score (nSPS) is 9.45. The molecule has 0 aliphatic rings. The van der Waals surface area contributed by atoms with E-state index in [1.807, 2.05) is 6.92 Å². The first kappa shape index (κ1) is 31.4. The summed E-state index contributed by atoms with van der Waals surface area (Å²) in [5, 5.41) is 5.82. The van der Waals surface area contributed by atoms with Crippen molar-refractivity contribution in [2.45, 2.75) is 13.8 Å². The molecule has 0 aliphatic carbocycles. The molecule has 0 saturated carbocycles. The Balaban J connectivity index is 0.000000235. The zero-order valence-electron chi connectivity index (χ0n) is 22.0. The molecule has 40 heavy (non-hydrogen) atoms. The van der Waals surface area contributed by atoms with Crippen LogP contribution in [0.4, 0.5) is 28.1 Å². The summed E-state index contributed by atoms with van der Waals surface area (Å²) >= 11 is 11.3. The number of nitrogens with zero attached hydrogens (tertiary/aromatic N) is 5. The molecule has 0 aliphatic heterocycles. The van der Waals surface area contributed by atoms with Gasteiger partial charge < -0.3 is 20.5 Å². The smallest absolute Gasteiger partial charge is 0.326 e. The van der Waals surface area contributed by atoms with Gasteiger partial charge in [0.1, 0.15) is 21.8 Å². The number of benzene rings is 2. The van der Waals surface area contributed by atoms with Crippen LogP contribution in [0.3, 0.4) is 0 Å². The number of nitrogen functional groups attached to an aromatic ring is 1. The summed E-state index contributed by atoms with van der Waals surface area (Å²) in [5.74, 6) is 1.70.